The highest BCUT2D eigenvalue weighted by Gasteiger charge is 2.46. The van der Waals surface area contributed by atoms with Crippen molar-refractivity contribution in [1.82, 2.24) is 4.90 Å². The van der Waals surface area contributed by atoms with E-state index in [1.807, 2.05) is 31.2 Å². The van der Waals surface area contributed by atoms with E-state index in [1.165, 1.54) is 0 Å². The Morgan fingerprint density at radius 1 is 1.41 bits per heavy atom. The van der Waals surface area contributed by atoms with E-state index in [4.69, 9.17) is 15.0 Å². The zero-order valence-corrected chi connectivity index (χ0v) is 12.9. The summed E-state index contributed by atoms with van der Waals surface area (Å²) in [5.41, 5.74) is 8.97. The van der Waals surface area contributed by atoms with Gasteiger partial charge < -0.3 is 14.4 Å². The van der Waals surface area contributed by atoms with Gasteiger partial charge in [0, 0.05) is 18.0 Å². The third-order valence-corrected chi connectivity index (χ3v) is 3.75. The van der Waals surface area contributed by atoms with Crippen LogP contribution in [-0.2, 0) is 10.3 Å². The van der Waals surface area contributed by atoms with Crippen LogP contribution in [0.25, 0.3) is 10.4 Å². The molecule has 22 heavy (non-hydrogen) atoms. The summed E-state index contributed by atoms with van der Waals surface area (Å²) >= 11 is 0. The molecule has 1 amide bonds. The van der Waals surface area contributed by atoms with Crippen molar-refractivity contribution < 1.29 is 14.3 Å². The van der Waals surface area contributed by atoms with E-state index < -0.39 is 5.54 Å². The lowest BCUT2D eigenvalue weighted by atomic mass is 9.83. The first-order valence-corrected chi connectivity index (χ1v) is 7.27. The molecule has 1 aromatic rings. The molecule has 0 N–H and O–H groups in total. The average Bonchev–Trinajstić information content (AvgIpc) is 2.50. The molecule has 7 heteroatoms. The quantitative estimate of drug-likeness (QED) is 0.349. The lowest BCUT2D eigenvalue weighted by Crippen LogP contribution is -2.60. The summed E-state index contributed by atoms with van der Waals surface area (Å²) in [5, 5.41) is 3.91. The van der Waals surface area contributed by atoms with Gasteiger partial charge in [0.1, 0.15) is 11.3 Å². The third kappa shape index (κ3) is 3.26. The number of amides is 1. The zero-order valence-electron chi connectivity index (χ0n) is 12.9. The fourth-order valence-electron chi connectivity index (χ4n) is 2.40. The normalized spacial score (nSPS) is 15.5. The SMILES string of the molecule is CCCCOC(=O)N1CC(N=[N+]=[N-])(c2ccc(OC)cc2)C1. The van der Waals surface area contributed by atoms with Gasteiger partial charge in [-0.2, -0.15) is 0 Å². The van der Waals surface area contributed by atoms with Gasteiger partial charge in [-0.15, -0.1) is 0 Å². The summed E-state index contributed by atoms with van der Waals surface area (Å²) in [6.45, 7) is 3.11. The first-order chi connectivity index (χ1) is 10.6. The van der Waals surface area contributed by atoms with Gasteiger partial charge in [0.25, 0.3) is 0 Å². The van der Waals surface area contributed by atoms with E-state index in [2.05, 4.69) is 10.0 Å². The van der Waals surface area contributed by atoms with Crippen molar-refractivity contribution in [2.45, 2.75) is 25.3 Å². The molecule has 0 spiro atoms. The van der Waals surface area contributed by atoms with E-state index in [0.29, 0.717) is 19.7 Å². The Bertz CT molecular complexity index is 561. The number of hydrogen-bond donors (Lipinski definition) is 0. The number of carbonyl (C=O) groups excluding carboxylic acids is 1. The molecule has 1 aliphatic rings. The van der Waals surface area contributed by atoms with Gasteiger partial charge in [-0.25, -0.2) is 4.79 Å². The molecule has 0 aromatic heterocycles. The molecular formula is C15H20N4O3. The number of azide groups is 1. The molecule has 0 radical (unpaired) electrons. The number of carbonyl (C=O) groups is 1. The summed E-state index contributed by atoms with van der Waals surface area (Å²) in [4.78, 5) is 16.4. The topological polar surface area (TPSA) is 87.5 Å². The minimum absolute atomic E-state index is 0.328. The summed E-state index contributed by atoms with van der Waals surface area (Å²) in [6.07, 6.45) is 1.46. The summed E-state index contributed by atoms with van der Waals surface area (Å²) in [5.74, 6) is 0.731. The highest BCUT2D eigenvalue weighted by molar-refractivity contribution is 5.69. The summed E-state index contributed by atoms with van der Waals surface area (Å²) in [7, 11) is 1.59. The second-order valence-corrected chi connectivity index (χ2v) is 5.27. The van der Waals surface area contributed by atoms with Crippen LogP contribution in [0.15, 0.2) is 29.4 Å². The number of likely N-dealkylation sites (tertiary alicyclic amines) is 1. The molecule has 1 heterocycles. The Balaban J connectivity index is 2.03. The van der Waals surface area contributed by atoms with Crippen molar-refractivity contribution in [2.75, 3.05) is 26.8 Å². The van der Waals surface area contributed by atoms with Gasteiger partial charge in [-0.3, -0.25) is 0 Å². The van der Waals surface area contributed by atoms with Gasteiger partial charge in [0.2, 0.25) is 0 Å². The summed E-state index contributed by atoms with van der Waals surface area (Å²) < 4.78 is 10.3. The van der Waals surface area contributed by atoms with Crippen LogP contribution in [0.4, 0.5) is 4.79 Å². The van der Waals surface area contributed by atoms with Crippen LogP contribution in [0.5, 0.6) is 5.75 Å². The predicted molar refractivity (Wildman–Crippen MR) is 81.6 cm³/mol. The third-order valence-electron chi connectivity index (χ3n) is 3.75. The monoisotopic (exact) mass is 304 g/mol. The van der Waals surface area contributed by atoms with Crippen molar-refractivity contribution in [3.05, 3.63) is 40.3 Å². The number of ether oxygens (including phenoxy) is 2. The lowest BCUT2D eigenvalue weighted by molar-refractivity contribution is 0.0387. The van der Waals surface area contributed by atoms with Gasteiger partial charge in [-0.1, -0.05) is 30.6 Å². The minimum atomic E-state index is -0.717. The summed E-state index contributed by atoms with van der Waals surface area (Å²) in [6, 6.07) is 7.33. The molecule has 118 valence electrons. The van der Waals surface area contributed by atoms with Crippen molar-refractivity contribution in [2.24, 2.45) is 5.11 Å². The van der Waals surface area contributed by atoms with Crippen LogP contribution in [0.1, 0.15) is 25.3 Å². The molecule has 0 bridgehead atoms. The highest BCUT2D eigenvalue weighted by atomic mass is 16.6. The standard InChI is InChI=1S/C15H20N4O3/c1-3-4-9-22-14(20)19-10-15(11-19,17-18-16)12-5-7-13(21-2)8-6-12/h5-8H,3-4,9-11H2,1-2H3. The molecule has 2 rings (SSSR count). The van der Waals surface area contributed by atoms with Crippen LogP contribution in [0.2, 0.25) is 0 Å². The maximum absolute atomic E-state index is 11.9. The Hall–Kier alpha value is -2.40. The molecule has 1 saturated heterocycles. The smallest absolute Gasteiger partial charge is 0.409 e. The molecule has 0 atom stereocenters. The van der Waals surface area contributed by atoms with E-state index in [9.17, 15) is 4.79 Å². The Morgan fingerprint density at radius 3 is 2.64 bits per heavy atom. The second-order valence-electron chi connectivity index (χ2n) is 5.27. The molecule has 0 saturated carbocycles. The second kappa shape index (κ2) is 7.04. The number of hydrogen-bond acceptors (Lipinski definition) is 4. The van der Waals surface area contributed by atoms with E-state index >= 15 is 0 Å². The fraction of sp³-hybridized carbons (Fsp3) is 0.533. The van der Waals surface area contributed by atoms with Crippen LogP contribution < -0.4 is 4.74 Å². The first-order valence-electron chi connectivity index (χ1n) is 7.27. The Morgan fingerprint density at radius 2 is 2.09 bits per heavy atom. The van der Waals surface area contributed by atoms with E-state index in [-0.39, 0.29) is 6.09 Å². The molecule has 7 nitrogen and oxygen atoms in total. The maximum Gasteiger partial charge on any atom is 0.409 e. The van der Waals surface area contributed by atoms with Gasteiger partial charge >= 0.3 is 6.09 Å². The predicted octanol–water partition coefficient (Wildman–Crippen LogP) is 3.45. The fourth-order valence-corrected chi connectivity index (χ4v) is 2.40. The molecule has 1 aliphatic heterocycles. The average molecular weight is 304 g/mol. The van der Waals surface area contributed by atoms with E-state index in [1.54, 1.807) is 12.0 Å². The van der Waals surface area contributed by atoms with E-state index in [0.717, 1.165) is 24.2 Å². The molecular weight excluding hydrogens is 284 g/mol. The van der Waals surface area contributed by atoms with Crippen LogP contribution in [0, 0.1) is 0 Å². The molecule has 0 aliphatic carbocycles. The van der Waals surface area contributed by atoms with Gasteiger partial charge in [0.05, 0.1) is 13.7 Å². The molecule has 1 fully saturated rings. The maximum atomic E-state index is 11.9. The van der Waals surface area contributed by atoms with Gasteiger partial charge in [-0.05, 0) is 29.6 Å². The number of benzene rings is 1. The van der Waals surface area contributed by atoms with Crippen molar-refractivity contribution >= 4 is 6.09 Å². The molecule has 0 unspecified atom stereocenters. The van der Waals surface area contributed by atoms with Crippen LogP contribution in [0.3, 0.4) is 0 Å². The number of methoxy groups -OCH3 is 1. The Kier molecular flexibility index (Phi) is 5.12. The highest BCUT2D eigenvalue weighted by Crippen LogP contribution is 2.37. The van der Waals surface area contributed by atoms with Crippen molar-refractivity contribution in [3.63, 3.8) is 0 Å². The Labute approximate surface area is 129 Å². The number of nitrogens with zero attached hydrogens (tertiary/aromatic N) is 4. The largest absolute Gasteiger partial charge is 0.497 e. The van der Waals surface area contributed by atoms with Gasteiger partial charge in [0.15, 0.2) is 0 Å². The zero-order chi connectivity index (χ0) is 16.0. The van der Waals surface area contributed by atoms with Crippen LogP contribution in [-0.4, -0.2) is 37.8 Å². The lowest BCUT2D eigenvalue weighted by Gasteiger charge is -2.46. The van der Waals surface area contributed by atoms with Crippen molar-refractivity contribution in [1.29, 1.82) is 0 Å². The number of unbranched alkanes of at least 4 members (excludes halogenated alkanes) is 1. The number of rotatable bonds is 6. The first kappa shape index (κ1) is 16.0. The van der Waals surface area contributed by atoms with Crippen molar-refractivity contribution in [3.8, 4) is 5.75 Å². The van der Waals surface area contributed by atoms with Crippen LogP contribution >= 0.6 is 0 Å². The minimum Gasteiger partial charge on any atom is -0.497 e. The molecule has 1 aromatic carbocycles.